The summed E-state index contributed by atoms with van der Waals surface area (Å²) in [6.45, 7) is 1.11. The Labute approximate surface area is 122 Å². The van der Waals surface area contributed by atoms with Crippen LogP contribution in [0.15, 0.2) is 59.5 Å². The average molecular weight is 289 g/mol. The summed E-state index contributed by atoms with van der Waals surface area (Å²) in [6.07, 6.45) is 0.764. The van der Waals surface area contributed by atoms with Crippen molar-refractivity contribution in [3.05, 3.63) is 60.2 Å². The predicted octanol–water partition coefficient (Wildman–Crippen LogP) is 2.72. The summed E-state index contributed by atoms with van der Waals surface area (Å²) < 4.78 is 17.6. The quantitative estimate of drug-likeness (QED) is 0.797. The standard InChI is InChI=1S/C16H19NO2S/c17-13-14-7-9-15(10-8-14)19-11-4-12-20(18)16-5-2-1-3-6-16/h1-3,5-10H,4,11-13,17H2. The van der Waals surface area contributed by atoms with Crippen molar-refractivity contribution in [2.45, 2.75) is 17.9 Å². The normalized spacial score (nSPS) is 12.1. The molecule has 20 heavy (non-hydrogen) atoms. The van der Waals surface area contributed by atoms with Gasteiger partial charge in [0.15, 0.2) is 0 Å². The van der Waals surface area contributed by atoms with Crippen LogP contribution >= 0.6 is 0 Å². The molecule has 106 valence electrons. The van der Waals surface area contributed by atoms with Gasteiger partial charge in [0.2, 0.25) is 0 Å². The number of hydrogen-bond acceptors (Lipinski definition) is 3. The van der Waals surface area contributed by atoms with Crippen molar-refractivity contribution in [3.63, 3.8) is 0 Å². The number of rotatable bonds is 7. The van der Waals surface area contributed by atoms with Crippen molar-refractivity contribution < 1.29 is 8.95 Å². The fourth-order valence-corrected chi connectivity index (χ4v) is 2.87. The molecule has 0 aromatic heterocycles. The molecule has 2 aromatic rings. The van der Waals surface area contributed by atoms with Crippen molar-refractivity contribution >= 4 is 10.8 Å². The number of hydrogen-bond donors (Lipinski definition) is 1. The molecular formula is C16H19NO2S. The molecule has 0 amide bonds. The molecule has 0 saturated carbocycles. The van der Waals surface area contributed by atoms with Gasteiger partial charge in [-0.15, -0.1) is 0 Å². The van der Waals surface area contributed by atoms with Gasteiger partial charge < -0.3 is 10.5 Å². The maximum Gasteiger partial charge on any atom is 0.119 e. The summed E-state index contributed by atoms with van der Waals surface area (Å²) in [6, 6.07) is 17.3. The summed E-state index contributed by atoms with van der Waals surface area (Å²) in [5.41, 5.74) is 6.62. The van der Waals surface area contributed by atoms with Gasteiger partial charge in [-0.2, -0.15) is 0 Å². The Morgan fingerprint density at radius 2 is 1.70 bits per heavy atom. The topological polar surface area (TPSA) is 52.3 Å². The van der Waals surface area contributed by atoms with E-state index in [4.69, 9.17) is 10.5 Å². The fourth-order valence-electron chi connectivity index (χ4n) is 1.79. The van der Waals surface area contributed by atoms with Crippen molar-refractivity contribution in [2.75, 3.05) is 12.4 Å². The molecule has 0 bridgehead atoms. The van der Waals surface area contributed by atoms with Gasteiger partial charge >= 0.3 is 0 Å². The largest absolute Gasteiger partial charge is 0.494 e. The summed E-state index contributed by atoms with van der Waals surface area (Å²) in [4.78, 5) is 0.875. The minimum Gasteiger partial charge on any atom is -0.494 e. The highest BCUT2D eigenvalue weighted by Gasteiger charge is 2.02. The maximum absolute atomic E-state index is 12.0. The Morgan fingerprint density at radius 1 is 1.00 bits per heavy atom. The highest BCUT2D eigenvalue weighted by Crippen LogP contribution is 2.12. The first kappa shape index (κ1) is 14.8. The van der Waals surface area contributed by atoms with Crippen LogP contribution in [0, 0.1) is 0 Å². The smallest absolute Gasteiger partial charge is 0.119 e. The second-order valence-electron chi connectivity index (χ2n) is 4.41. The van der Waals surface area contributed by atoms with Gasteiger partial charge in [0, 0.05) is 17.2 Å². The molecule has 2 aromatic carbocycles. The second kappa shape index (κ2) is 7.82. The maximum atomic E-state index is 12.0. The van der Waals surface area contributed by atoms with Crippen LogP contribution in [0.5, 0.6) is 5.75 Å². The molecule has 2 rings (SSSR count). The minimum atomic E-state index is -0.943. The van der Waals surface area contributed by atoms with E-state index >= 15 is 0 Å². The molecule has 0 radical (unpaired) electrons. The number of ether oxygens (including phenoxy) is 1. The molecule has 0 spiro atoms. The third kappa shape index (κ3) is 4.47. The molecule has 0 saturated heterocycles. The van der Waals surface area contributed by atoms with E-state index in [1.165, 1.54) is 0 Å². The number of benzene rings is 2. The van der Waals surface area contributed by atoms with Gasteiger partial charge in [-0.1, -0.05) is 30.3 Å². The number of nitrogens with two attached hydrogens (primary N) is 1. The third-order valence-corrected chi connectivity index (χ3v) is 4.37. The molecule has 4 heteroatoms. The summed E-state index contributed by atoms with van der Waals surface area (Å²) in [5.74, 6) is 1.44. The Bertz CT molecular complexity index is 540. The molecule has 2 N–H and O–H groups in total. The van der Waals surface area contributed by atoms with Crippen molar-refractivity contribution in [2.24, 2.45) is 5.73 Å². The summed E-state index contributed by atoms with van der Waals surface area (Å²) >= 11 is 0. The van der Waals surface area contributed by atoms with E-state index in [1.54, 1.807) is 0 Å². The molecule has 0 aliphatic carbocycles. The highest BCUT2D eigenvalue weighted by atomic mass is 32.2. The van der Waals surface area contributed by atoms with Crippen LogP contribution in [0.25, 0.3) is 0 Å². The van der Waals surface area contributed by atoms with Gasteiger partial charge in [0.05, 0.1) is 17.4 Å². The van der Waals surface area contributed by atoms with Crippen LogP contribution < -0.4 is 10.5 Å². The first-order valence-electron chi connectivity index (χ1n) is 6.65. The van der Waals surface area contributed by atoms with Crippen molar-refractivity contribution in [1.82, 2.24) is 0 Å². The molecule has 0 fully saturated rings. The Morgan fingerprint density at radius 3 is 2.35 bits per heavy atom. The van der Waals surface area contributed by atoms with Crippen LogP contribution in [0.1, 0.15) is 12.0 Å². The lowest BCUT2D eigenvalue weighted by atomic mass is 10.2. The van der Waals surface area contributed by atoms with Crippen molar-refractivity contribution in [3.8, 4) is 5.75 Å². The van der Waals surface area contributed by atoms with E-state index in [9.17, 15) is 4.21 Å². The predicted molar refractivity (Wildman–Crippen MR) is 82.2 cm³/mol. The van der Waals surface area contributed by atoms with Crippen molar-refractivity contribution in [1.29, 1.82) is 0 Å². The van der Waals surface area contributed by atoms with Gasteiger partial charge in [0.25, 0.3) is 0 Å². The Hall–Kier alpha value is -1.65. The van der Waals surface area contributed by atoms with Crippen LogP contribution in [0.3, 0.4) is 0 Å². The third-order valence-electron chi connectivity index (χ3n) is 2.91. The first-order chi connectivity index (χ1) is 9.79. The first-order valence-corrected chi connectivity index (χ1v) is 7.97. The van der Waals surface area contributed by atoms with E-state index < -0.39 is 10.8 Å². The van der Waals surface area contributed by atoms with E-state index in [1.807, 2.05) is 54.6 Å². The van der Waals surface area contributed by atoms with Gasteiger partial charge in [-0.05, 0) is 36.2 Å². The zero-order valence-corrected chi connectivity index (χ0v) is 12.1. The molecule has 1 unspecified atom stereocenters. The zero-order chi connectivity index (χ0) is 14.2. The van der Waals surface area contributed by atoms with E-state index in [-0.39, 0.29) is 0 Å². The minimum absolute atomic E-state index is 0.538. The molecule has 3 nitrogen and oxygen atoms in total. The second-order valence-corrected chi connectivity index (χ2v) is 5.98. The summed E-state index contributed by atoms with van der Waals surface area (Å²) in [7, 11) is -0.943. The van der Waals surface area contributed by atoms with E-state index in [0.717, 1.165) is 22.6 Å². The van der Waals surface area contributed by atoms with Crippen LogP contribution in [0.4, 0.5) is 0 Å². The van der Waals surface area contributed by atoms with E-state index in [2.05, 4.69) is 0 Å². The molecule has 0 aliphatic heterocycles. The monoisotopic (exact) mass is 289 g/mol. The molecule has 1 atom stereocenters. The fraction of sp³-hybridized carbons (Fsp3) is 0.250. The lowest BCUT2D eigenvalue weighted by Crippen LogP contribution is -2.05. The Balaban J connectivity index is 1.72. The molecule has 0 heterocycles. The van der Waals surface area contributed by atoms with Crippen LogP contribution in [0.2, 0.25) is 0 Å². The van der Waals surface area contributed by atoms with Crippen LogP contribution in [-0.4, -0.2) is 16.6 Å². The molecule has 0 aliphatic rings. The van der Waals surface area contributed by atoms with Crippen LogP contribution in [-0.2, 0) is 17.3 Å². The van der Waals surface area contributed by atoms with Gasteiger partial charge in [-0.25, -0.2) is 0 Å². The lowest BCUT2D eigenvalue weighted by molar-refractivity contribution is 0.318. The summed E-state index contributed by atoms with van der Waals surface area (Å²) in [5, 5.41) is 0. The SMILES string of the molecule is NCc1ccc(OCCCS(=O)c2ccccc2)cc1. The van der Waals surface area contributed by atoms with Gasteiger partial charge in [0.1, 0.15) is 5.75 Å². The average Bonchev–Trinajstić information content (AvgIpc) is 2.53. The lowest BCUT2D eigenvalue weighted by Gasteiger charge is -2.07. The Kier molecular flexibility index (Phi) is 5.77. The van der Waals surface area contributed by atoms with E-state index in [0.29, 0.717) is 18.9 Å². The highest BCUT2D eigenvalue weighted by molar-refractivity contribution is 7.85. The molecular weight excluding hydrogens is 270 g/mol. The van der Waals surface area contributed by atoms with Gasteiger partial charge in [-0.3, -0.25) is 4.21 Å². The zero-order valence-electron chi connectivity index (χ0n) is 11.3.